The van der Waals surface area contributed by atoms with Crippen molar-refractivity contribution in [3.63, 3.8) is 0 Å². The first-order valence-electron chi connectivity index (χ1n) is 11.8. The molecule has 1 aliphatic rings. The van der Waals surface area contributed by atoms with Crippen LogP contribution in [0.1, 0.15) is 33.6 Å². The van der Waals surface area contributed by atoms with Crippen LogP contribution in [-0.4, -0.2) is 49.9 Å². The van der Waals surface area contributed by atoms with Crippen LogP contribution in [0.2, 0.25) is 0 Å². The Morgan fingerprint density at radius 3 is 2.40 bits per heavy atom. The molecule has 182 valence electrons. The van der Waals surface area contributed by atoms with Crippen molar-refractivity contribution >= 4 is 23.1 Å². The van der Waals surface area contributed by atoms with Crippen molar-refractivity contribution in [1.82, 2.24) is 4.90 Å². The van der Waals surface area contributed by atoms with E-state index in [1.54, 1.807) is 48.4 Å². The lowest BCUT2D eigenvalue weighted by atomic mass is 9.89. The van der Waals surface area contributed by atoms with E-state index in [1.807, 2.05) is 24.3 Å². The van der Waals surface area contributed by atoms with Gasteiger partial charge in [-0.05, 0) is 80.5 Å². The van der Waals surface area contributed by atoms with E-state index >= 15 is 0 Å². The maximum absolute atomic E-state index is 13.4. The lowest BCUT2D eigenvalue weighted by Crippen LogP contribution is -2.42. The van der Waals surface area contributed by atoms with Crippen molar-refractivity contribution in [3.05, 3.63) is 89.7 Å². The van der Waals surface area contributed by atoms with Gasteiger partial charge in [-0.25, -0.2) is 4.39 Å². The third kappa shape index (κ3) is 6.05. The van der Waals surface area contributed by atoms with Gasteiger partial charge < -0.3 is 20.3 Å². The maximum Gasteiger partial charge on any atom is 0.258 e. The summed E-state index contributed by atoms with van der Waals surface area (Å²) in [7, 11) is 1.60. The zero-order valence-corrected chi connectivity index (χ0v) is 19.8. The van der Waals surface area contributed by atoms with Crippen LogP contribution in [0.15, 0.2) is 72.8 Å². The minimum absolute atomic E-state index is 0.0690. The number of hydrogen-bond donors (Lipinski definition) is 1. The zero-order chi connectivity index (χ0) is 24.8. The highest BCUT2D eigenvalue weighted by atomic mass is 19.1. The molecule has 3 aromatic rings. The van der Waals surface area contributed by atoms with Crippen molar-refractivity contribution in [2.45, 2.75) is 12.8 Å². The van der Waals surface area contributed by atoms with Crippen molar-refractivity contribution in [2.24, 2.45) is 5.92 Å². The number of amides is 1. The van der Waals surface area contributed by atoms with Gasteiger partial charge in [0.1, 0.15) is 11.6 Å². The van der Waals surface area contributed by atoms with E-state index in [0.717, 1.165) is 31.6 Å². The molecule has 1 heterocycles. The Kier molecular flexibility index (Phi) is 7.77. The first-order valence-corrected chi connectivity index (χ1v) is 11.8. The van der Waals surface area contributed by atoms with E-state index in [-0.39, 0.29) is 23.4 Å². The molecule has 0 bridgehead atoms. The number of ether oxygens (including phenoxy) is 1. The number of piperidine rings is 1. The summed E-state index contributed by atoms with van der Waals surface area (Å²) >= 11 is 0. The van der Waals surface area contributed by atoms with Gasteiger partial charge in [-0.3, -0.25) is 9.59 Å². The number of nitrogen functional groups attached to an aromatic ring is 1. The molecule has 0 spiro atoms. The van der Waals surface area contributed by atoms with Crippen LogP contribution >= 0.6 is 0 Å². The lowest BCUT2D eigenvalue weighted by molar-refractivity contribution is 0.0841. The Labute approximate surface area is 205 Å². The van der Waals surface area contributed by atoms with Gasteiger partial charge in [-0.1, -0.05) is 12.1 Å². The number of benzene rings is 3. The molecule has 0 radical (unpaired) electrons. The normalized spacial score (nSPS) is 14.5. The van der Waals surface area contributed by atoms with E-state index in [0.29, 0.717) is 35.7 Å². The quantitative estimate of drug-likeness (QED) is 0.379. The number of rotatable bonds is 8. The number of methoxy groups -OCH3 is 1. The molecule has 4 rings (SSSR count). The smallest absolute Gasteiger partial charge is 0.258 e. The van der Waals surface area contributed by atoms with Crippen molar-refractivity contribution in [3.8, 4) is 5.75 Å². The van der Waals surface area contributed by atoms with E-state index in [9.17, 15) is 14.0 Å². The molecule has 1 aliphatic heterocycles. The fourth-order valence-corrected chi connectivity index (χ4v) is 4.46. The van der Waals surface area contributed by atoms with Crippen LogP contribution in [0, 0.1) is 11.7 Å². The first kappa shape index (κ1) is 24.4. The SMILES string of the molecule is COc1cccc(N(CCN2CCC(C(=O)c3ccc(F)cc3)CC2)C(=O)c2cccc(N)c2)c1. The second kappa shape index (κ2) is 11.1. The average molecular weight is 476 g/mol. The van der Waals surface area contributed by atoms with Gasteiger partial charge in [0, 0.05) is 47.6 Å². The molecule has 3 aromatic carbocycles. The van der Waals surface area contributed by atoms with Gasteiger partial charge in [-0.2, -0.15) is 0 Å². The summed E-state index contributed by atoms with van der Waals surface area (Å²) in [5.41, 5.74) is 8.28. The number of nitrogens with two attached hydrogens (primary N) is 1. The van der Waals surface area contributed by atoms with Crippen LogP contribution < -0.4 is 15.4 Å². The summed E-state index contributed by atoms with van der Waals surface area (Å²) < 4.78 is 18.5. The summed E-state index contributed by atoms with van der Waals surface area (Å²) in [6.45, 7) is 2.67. The highest BCUT2D eigenvalue weighted by Gasteiger charge is 2.27. The summed E-state index contributed by atoms with van der Waals surface area (Å²) in [6, 6.07) is 20.2. The molecule has 6 nitrogen and oxygen atoms in total. The number of anilines is 2. The third-order valence-corrected chi connectivity index (χ3v) is 6.47. The van der Waals surface area contributed by atoms with E-state index in [1.165, 1.54) is 12.1 Å². The van der Waals surface area contributed by atoms with E-state index in [4.69, 9.17) is 10.5 Å². The van der Waals surface area contributed by atoms with Crippen LogP contribution in [0.25, 0.3) is 0 Å². The predicted octanol–water partition coefficient (Wildman–Crippen LogP) is 4.66. The zero-order valence-electron chi connectivity index (χ0n) is 19.8. The number of carbonyl (C=O) groups excluding carboxylic acids is 2. The number of likely N-dealkylation sites (tertiary alicyclic amines) is 1. The summed E-state index contributed by atoms with van der Waals surface area (Å²) in [6.07, 6.45) is 1.47. The molecule has 2 N–H and O–H groups in total. The Morgan fingerprint density at radius 2 is 1.71 bits per heavy atom. The van der Waals surface area contributed by atoms with Crippen molar-refractivity contribution in [2.75, 3.05) is 43.9 Å². The molecule has 1 fully saturated rings. The summed E-state index contributed by atoms with van der Waals surface area (Å²) in [5, 5.41) is 0. The standard InChI is InChI=1S/C28H30FN3O3/c1-35-26-7-3-6-25(19-26)32(28(34)22-4-2-5-24(30)18-22)17-16-31-14-12-21(13-15-31)27(33)20-8-10-23(29)11-9-20/h2-11,18-19,21H,12-17,30H2,1H3. The van der Waals surface area contributed by atoms with E-state index < -0.39 is 0 Å². The molecule has 0 atom stereocenters. The lowest BCUT2D eigenvalue weighted by Gasteiger charge is -2.33. The van der Waals surface area contributed by atoms with Crippen LogP contribution in [0.5, 0.6) is 5.75 Å². The van der Waals surface area contributed by atoms with Gasteiger partial charge in [0.2, 0.25) is 0 Å². The average Bonchev–Trinajstić information content (AvgIpc) is 2.89. The third-order valence-electron chi connectivity index (χ3n) is 6.47. The molecule has 7 heteroatoms. The van der Waals surface area contributed by atoms with Gasteiger partial charge >= 0.3 is 0 Å². The largest absolute Gasteiger partial charge is 0.497 e. The number of halogens is 1. The van der Waals surface area contributed by atoms with Crippen molar-refractivity contribution < 1.29 is 18.7 Å². The topological polar surface area (TPSA) is 75.9 Å². The second-order valence-electron chi connectivity index (χ2n) is 8.77. The Balaban J connectivity index is 1.42. The molecule has 0 aromatic heterocycles. The molecule has 0 unspecified atom stereocenters. The van der Waals surface area contributed by atoms with Crippen LogP contribution in [-0.2, 0) is 0 Å². The molecule has 1 amide bonds. The Hall–Kier alpha value is -3.71. The monoisotopic (exact) mass is 475 g/mol. The van der Waals surface area contributed by atoms with Crippen LogP contribution in [0.4, 0.5) is 15.8 Å². The molecule has 0 saturated carbocycles. The molecular formula is C28H30FN3O3. The van der Waals surface area contributed by atoms with Crippen molar-refractivity contribution in [1.29, 1.82) is 0 Å². The highest BCUT2D eigenvalue weighted by Crippen LogP contribution is 2.25. The number of hydrogen-bond acceptors (Lipinski definition) is 5. The number of nitrogens with zero attached hydrogens (tertiary/aromatic N) is 2. The van der Waals surface area contributed by atoms with Gasteiger partial charge in [0.15, 0.2) is 5.78 Å². The first-order chi connectivity index (χ1) is 16.9. The predicted molar refractivity (Wildman–Crippen MR) is 135 cm³/mol. The minimum Gasteiger partial charge on any atom is -0.497 e. The fraction of sp³-hybridized carbons (Fsp3) is 0.286. The second-order valence-corrected chi connectivity index (χ2v) is 8.77. The highest BCUT2D eigenvalue weighted by molar-refractivity contribution is 6.06. The minimum atomic E-state index is -0.343. The van der Waals surface area contributed by atoms with Gasteiger partial charge in [0.05, 0.1) is 7.11 Å². The van der Waals surface area contributed by atoms with Crippen LogP contribution in [0.3, 0.4) is 0 Å². The number of Topliss-reactive ketones (excluding diaryl/α,β-unsaturated/α-hetero) is 1. The van der Waals surface area contributed by atoms with Gasteiger partial charge in [-0.15, -0.1) is 0 Å². The molecular weight excluding hydrogens is 445 g/mol. The van der Waals surface area contributed by atoms with Gasteiger partial charge in [0.25, 0.3) is 5.91 Å². The Morgan fingerprint density at radius 1 is 1.00 bits per heavy atom. The maximum atomic E-state index is 13.4. The van der Waals surface area contributed by atoms with E-state index in [2.05, 4.69) is 4.90 Å². The molecule has 0 aliphatic carbocycles. The fourth-order valence-electron chi connectivity index (χ4n) is 4.46. The summed E-state index contributed by atoms with van der Waals surface area (Å²) in [5.74, 6) is 0.198. The Bertz CT molecular complexity index is 1170. The molecule has 35 heavy (non-hydrogen) atoms. The summed E-state index contributed by atoms with van der Waals surface area (Å²) in [4.78, 5) is 30.2. The molecule has 1 saturated heterocycles. The number of ketones is 1. The number of carbonyl (C=O) groups is 2.